The number of benzene rings is 9. The summed E-state index contributed by atoms with van der Waals surface area (Å²) >= 11 is 1.84. The summed E-state index contributed by atoms with van der Waals surface area (Å²) in [4.78, 5) is 0. The van der Waals surface area contributed by atoms with Crippen LogP contribution in [0, 0.1) is 0 Å². The third-order valence-electron chi connectivity index (χ3n) is 11.8. The number of para-hydroxylation sites is 2. The lowest BCUT2D eigenvalue weighted by molar-refractivity contribution is 0.616. The van der Waals surface area contributed by atoms with Gasteiger partial charge in [-0.15, -0.1) is 11.3 Å². The molecule has 0 atom stereocenters. The third-order valence-corrected chi connectivity index (χ3v) is 13.0. The van der Waals surface area contributed by atoms with Crippen LogP contribution in [-0.4, -0.2) is 0 Å². The second-order valence-electron chi connectivity index (χ2n) is 14.7. The van der Waals surface area contributed by atoms with Crippen LogP contribution in [0.5, 0.6) is 0 Å². The van der Waals surface area contributed by atoms with Crippen molar-refractivity contribution in [2.24, 2.45) is 0 Å². The topological polar surface area (TPSA) is 39.4 Å². The van der Waals surface area contributed by atoms with Crippen LogP contribution in [0.2, 0.25) is 0 Å². The molecule has 13 rings (SSSR count). The van der Waals surface area contributed by atoms with Gasteiger partial charge >= 0.3 is 0 Å². The van der Waals surface area contributed by atoms with Gasteiger partial charge in [-0.05, 0) is 97.9 Å². The number of furan rings is 3. The van der Waals surface area contributed by atoms with Gasteiger partial charge in [0.05, 0.1) is 6.26 Å². The van der Waals surface area contributed by atoms with Crippen LogP contribution in [0.4, 0.5) is 0 Å². The maximum absolute atomic E-state index is 6.73. The van der Waals surface area contributed by atoms with Gasteiger partial charge < -0.3 is 13.3 Å². The summed E-state index contributed by atoms with van der Waals surface area (Å²) < 4.78 is 21.4. The molecule has 0 saturated carbocycles. The predicted octanol–water partition coefficient (Wildman–Crippen LogP) is 15.9. The minimum atomic E-state index is 0.789. The van der Waals surface area contributed by atoms with E-state index in [9.17, 15) is 0 Å². The molecule has 3 nitrogen and oxygen atoms in total. The first-order valence-electron chi connectivity index (χ1n) is 18.9. The molecule has 0 aliphatic rings. The Kier molecular flexibility index (Phi) is 6.04. The Labute approximate surface area is 323 Å². The average Bonchev–Trinajstić information content (AvgIpc) is 4.05. The van der Waals surface area contributed by atoms with E-state index < -0.39 is 0 Å². The van der Waals surface area contributed by atoms with Gasteiger partial charge in [-0.1, -0.05) is 115 Å². The molecule has 0 aliphatic heterocycles. The maximum atomic E-state index is 6.73. The first kappa shape index (κ1) is 30.2. The van der Waals surface area contributed by atoms with Crippen LogP contribution in [0.25, 0.3) is 130 Å². The first-order valence-corrected chi connectivity index (χ1v) is 19.7. The molecule has 0 N–H and O–H groups in total. The van der Waals surface area contributed by atoms with Gasteiger partial charge in [0, 0.05) is 52.7 Å². The third kappa shape index (κ3) is 4.11. The average molecular weight is 733 g/mol. The highest BCUT2D eigenvalue weighted by molar-refractivity contribution is 7.26. The molecule has 0 amide bonds. The van der Waals surface area contributed by atoms with Crippen LogP contribution in [0.3, 0.4) is 0 Å². The fraction of sp³-hybridized carbons (Fsp3) is 0. The van der Waals surface area contributed by atoms with Gasteiger partial charge in [0.15, 0.2) is 11.2 Å². The summed E-state index contributed by atoms with van der Waals surface area (Å²) in [6.07, 6.45) is 1.79. The smallest absolute Gasteiger partial charge is 0.178 e. The fourth-order valence-corrected chi connectivity index (χ4v) is 10.5. The van der Waals surface area contributed by atoms with Crippen molar-refractivity contribution in [3.8, 4) is 33.4 Å². The predicted molar refractivity (Wildman–Crippen MR) is 235 cm³/mol. The van der Waals surface area contributed by atoms with Crippen LogP contribution in [0.1, 0.15) is 0 Å². The lowest BCUT2D eigenvalue weighted by Gasteiger charge is -2.18. The van der Waals surface area contributed by atoms with Gasteiger partial charge in [0.25, 0.3) is 0 Å². The first-order chi connectivity index (χ1) is 27.8. The van der Waals surface area contributed by atoms with Crippen molar-refractivity contribution in [3.05, 3.63) is 170 Å². The maximum Gasteiger partial charge on any atom is 0.178 e. The molecule has 0 unspecified atom stereocenters. The Morgan fingerprint density at radius 2 is 0.929 bits per heavy atom. The fourth-order valence-electron chi connectivity index (χ4n) is 9.27. The van der Waals surface area contributed by atoms with E-state index >= 15 is 0 Å². The van der Waals surface area contributed by atoms with E-state index in [4.69, 9.17) is 13.3 Å². The molecule has 4 aromatic heterocycles. The van der Waals surface area contributed by atoms with Crippen molar-refractivity contribution in [3.63, 3.8) is 0 Å². The molecule has 4 heterocycles. The lowest BCUT2D eigenvalue weighted by Crippen LogP contribution is -1.91. The number of rotatable bonds is 3. The number of hydrogen-bond acceptors (Lipinski definition) is 4. The summed E-state index contributed by atoms with van der Waals surface area (Å²) in [6.45, 7) is 0. The van der Waals surface area contributed by atoms with E-state index in [2.05, 4.69) is 146 Å². The summed E-state index contributed by atoms with van der Waals surface area (Å²) in [7, 11) is 0. The van der Waals surface area contributed by atoms with Crippen LogP contribution in [0.15, 0.2) is 183 Å². The summed E-state index contributed by atoms with van der Waals surface area (Å²) in [5.74, 6) is 0. The number of hydrogen-bond donors (Lipinski definition) is 0. The molecule has 0 aliphatic carbocycles. The molecule has 13 aromatic rings. The summed E-state index contributed by atoms with van der Waals surface area (Å²) in [5, 5.41) is 13.0. The molecular formula is C52H28O3S. The van der Waals surface area contributed by atoms with Gasteiger partial charge in [-0.2, -0.15) is 0 Å². The van der Waals surface area contributed by atoms with Crippen molar-refractivity contribution < 1.29 is 13.3 Å². The highest BCUT2D eigenvalue weighted by Crippen LogP contribution is 2.47. The monoisotopic (exact) mass is 732 g/mol. The summed E-state index contributed by atoms with van der Waals surface area (Å²) in [5.41, 5.74) is 11.3. The second-order valence-corrected chi connectivity index (χ2v) is 15.8. The molecule has 56 heavy (non-hydrogen) atoms. The molecule has 0 saturated heterocycles. The van der Waals surface area contributed by atoms with Crippen LogP contribution < -0.4 is 0 Å². The van der Waals surface area contributed by atoms with Crippen LogP contribution >= 0.6 is 11.3 Å². The number of thiophene rings is 1. The SMILES string of the molecule is c1ccc2c(c1)oc1c2ccc2c3cccc(-c4ccc(-c5c6ccccc6c(-c6ccc7sc8c9ccoc9ccc8c7c6)c6ccccc56)cc4)c3oc21. The Hall–Kier alpha value is -7.14. The van der Waals surface area contributed by atoms with Crippen molar-refractivity contribution in [1.82, 2.24) is 0 Å². The van der Waals surface area contributed by atoms with Crippen molar-refractivity contribution in [2.45, 2.75) is 0 Å². The van der Waals surface area contributed by atoms with Gasteiger partial charge in [0.1, 0.15) is 16.7 Å². The van der Waals surface area contributed by atoms with E-state index in [1.54, 1.807) is 6.26 Å². The van der Waals surface area contributed by atoms with Gasteiger partial charge in [-0.3, -0.25) is 0 Å². The standard InChI is InChI=1S/C52H28O3S/c1-3-11-36-34(9-1)47(35-10-2-4-12-37(35)48(36)31-20-25-46-43(28-31)41-23-24-44-42(26-27-53-44)52(41)56-46)30-18-16-29(17-19-30)32-13-7-14-38-40-22-21-39-33-8-5-6-15-45(33)54-50(39)51(40)55-49(32)38/h1-28H. The van der Waals surface area contributed by atoms with Gasteiger partial charge in [0.2, 0.25) is 0 Å². The molecular weight excluding hydrogens is 705 g/mol. The minimum Gasteiger partial charge on any atom is -0.464 e. The van der Waals surface area contributed by atoms with Crippen molar-refractivity contribution in [1.29, 1.82) is 0 Å². The lowest BCUT2D eigenvalue weighted by atomic mass is 9.85. The highest BCUT2D eigenvalue weighted by atomic mass is 32.1. The summed E-state index contributed by atoms with van der Waals surface area (Å²) in [6, 6.07) is 59.0. The second kappa shape index (κ2) is 11.2. The van der Waals surface area contributed by atoms with E-state index in [1.165, 1.54) is 69.4 Å². The molecule has 9 aromatic carbocycles. The van der Waals surface area contributed by atoms with E-state index in [1.807, 2.05) is 29.5 Å². The largest absolute Gasteiger partial charge is 0.464 e. The Balaban J connectivity index is 0.976. The zero-order valence-electron chi connectivity index (χ0n) is 29.8. The number of fused-ring (bicyclic) bond motifs is 14. The van der Waals surface area contributed by atoms with Crippen molar-refractivity contribution >= 4 is 108 Å². The normalized spacial score (nSPS) is 12.3. The quantitative estimate of drug-likeness (QED) is 0.170. The van der Waals surface area contributed by atoms with E-state index in [-0.39, 0.29) is 0 Å². The molecule has 0 fully saturated rings. The van der Waals surface area contributed by atoms with Crippen LogP contribution in [-0.2, 0) is 0 Å². The molecule has 4 heteroatoms. The molecule has 260 valence electrons. The van der Waals surface area contributed by atoms with Gasteiger partial charge in [-0.25, -0.2) is 0 Å². The zero-order valence-corrected chi connectivity index (χ0v) is 30.6. The Bertz CT molecular complexity index is 3700. The molecule has 0 bridgehead atoms. The van der Waals surface area contributed by atoms with Crippen molar-refractivity contribution in [2.75, 3.05) is 0 Å². The molecule has 0 spiro atoms. The van der Waals surface area contributed by atoms with E-state index in [0.29, 0.717) is 0 Å². The molecule has 0 radical (unpaired) electrons. The Morgan fingerprint density at radius 3 is 1.70 bits per heavy atom. The minimum absolute atomic E-state index is 0.789. The highest BCUT2D eigenvalue weighted by Gasteiger charge is 2.20. The van der Waals surface area contributed by atoms with E-state index in [0.717, 1.165) is 60.6 Å². The zero-order chi connectivity index (χ0) is 36.5. The Morgan fingerprint density at radius 1 is 0.339 bits per heavy atom.